The number of phenolic OH excluding ortho intramolecular Hbond substituents is 1. The van der Waals surface area contributed by atoms with Gasteiger partial charge in [0.15, 0.2) is 0 Å². The fraction of sp³-hybridized carbons (Fsp3) is 0.114. The van der Waals surface area contributed by atoms with Crippen LogP contribution in [0.15, 0.2) is 363 Å². The molecule has 0 unspecified atom stereocenters. The van der Waals surface area contributed by atoms with E-state index < -0.39 is 116 Å². The molecule has 0 atom stereocenters. The summed E-state index contributed by atoms with van der Waals surface area (Å²) in [5.41, 5.74) is 11.9. The van der Waals surface area contributed by atoms with E-state index in [4.69, 9.17) is 0 Å². The molecule has 18 aromatic rings. The number of aromatic hydroxyl groups is 1. The van der Waals surface area contributed by atoms with Crippen molar-refractivity contribution in [1.29, 1.82) is 0 Å². The molecule has 0 saturated heterocycles. The van der Waals surface area contributed by atoms with E-state index in [2.05, 4.69) is 151 Å². The van der Waals surface area contributed by atoms with Crippen LogP contribution in [0.4, 0.5) is 65.9 Å². The van der Waals surface area contributed by atoms with Gasteiger partial charge in [-0.25, -0.2) is 0 Å². The van der Waals surface area contributed by atoms with E-state index in [1.54, 1.807) is 110 Å². The average molecular weight is 2740 g/mol. The van der Waals surface area contributed by atoms with E-state index in [-0.39, 0.29) is 293 Å². The number of phenols is 1. The minimum atomic E-state index is -4.99. The van der Waals surface area contributed by atoms with Crippen LogP contribution in [0.1, 0.15) is 80.5 Å². The fourth-order valence-electron chi connectivity index (χ4n) is 16.9. The van der Waals surface area contributed by atoms with Crippen LogP contribution in [-0.4, -0.2) is 115 Å². The number of hydrogen-bond acceptors (Lipinski definition) is 16. The number of Topliss-reactive ketones (excluding diaryl/α,β-unsaturated/α-hetero) is 5. The Hall–Kier alpha value is -9.20. The predicted molar refractivity (Wildman–Crippen MR) is 530 cm³/mol. The van der Waals surface area contributed by atoms with E-state index in [9.17, 15) is 115 Å². The Labute approximate surface area is 1050 Å². The molecule has 4 aliphatic carbocycles. The number of aromatic nitrogens is 6. The molecule has 4 aliphatic rings. The molecule has 0 aliphatic heterocycles. The van der Waals surface area contributed by atoms with Crippen LogP contribution in [-0.2, 0) is 44.9 Å². The summed E-state index contributed by atoms with van der Waals surface area (Å²) in [4.78, 5) is 82.4. The quantitative estimate of drug-likeness (QED) is 0.0430. The zero-order chi connectivity index (χ0) is 102. The Kier molecular flexibility index (Phi) is 46.8. The van der Waals surface area contributed by atoms with E-state index in [1.165, 1.54) is 52.6 Å². The molecular formula is C114H83Eu5F15N6O10-2. The number of nitrogens with zero attached hydrogens (tertiary/aromatic N) is 6. The average Bonchev–Trinajstić information content (AvgIpc) is 0.735. The smallest absolute Gasteiger partial charge is 0.455 e. The minimum Gasteiger partial charge on any atom is -0.507 e. The van der Waals surface area contributed by atoms with Crippen LogP contribution in [0, 0.1) is 262 Å². The number of halogens is 15. The van der Waals surface area contributed by atoms with Gasteiger partial charge in [-0.15, -0.1) is 0 Å². The molecule has 5 radical (unpaired) electrons. The number of allylic oxidation sites excluding steroid dienone is 4. The summed E-state index contributed by atoms with van der Waals surface area (Å²) in [6.45, 7) is 0. The van der Waals surface area contributed by atoms with Crippen LogP contribution in [0.3, 0.4) is 0 Å². The Bertz CT molecular complexity index is 7570. The van der Waals surface area contributed by atoms with Crippen molar-refractivity contribution in [3.63, 3.8) is 0 Å². The number of alkyl halides is 15. The number of ketones is 5. The van der Waals surface area contributed by atoms with Gasteiger partial charge in [0.1, 0.15) is 28.8 Å². The van der Waals surface area contributed by atoms with Crippen LogP contribution in [0.25, 0.3) is 132 Å². The van der Waals surface area contributed by atoms with Gasteiger partial charge in [-0.05, 0) is 161 Å². The summed E-state index contributed by atoms with van der Waals surface area (Å²) in [6.07, 6.45) is -12.8. The van der Waals surface area contributed by atoms with E-state index in [1.807, 2.05) is 73.1 Å². The molecule has 16 nitrogen and oxygen atoms in total. The molecule has 0 amide bonds. The second-order valence-corrected chi connectivity index (χ2v) is 32.7. The summed E-state index contributed by atoms with van der Waals surface area (Å²) < 4.78 is 185. The predicted octanol–water partition coefficient (Wildman–Crippen LogP) is 29.2. The van der Waals surface area contributed by atoms with Gasteiger partial charge >= 0.3 is 30.9 Å². The standard InChI is InChI=1S/C24H16N2.C16H11F3O2.3C12H9F3O2.C12H7F3O2.2C12H8N2.2CH3.5Eu/c1-3-7-17(8-4-1)19-13-15-25-23-21(19)11-12-22-20(14-16-26-24(22)23)18-9-5-2-6-10-18;17-16(18,19)15(21)12-6-5-11-7-9-3-1-2-4-10(9)8-13(11)14(12)20;4*13-12(14,15)11(17)9-6-5-7-3-1-2-4-8(7)10(9)16;2*1-3-9-5-6-10-4-2-8-14-12(10)11(9)13-7-1;;;;;;;/h1-16H;1-4,7-8,20H,5-6H2;3*1-4,16H,5-6H2;1-6,16H;2*1-8H;2*1H3;;;;;/q;;;;;;;;2*-1;;;;;. The largest absolute Gasteiger partial charge is 0.507 e. The van der Waals surface area contributed by atoms with Crippen molar-refractivity contribution in [2.24, 2.45) is 0 Å². The molecule has 12 aromatic carbocycles. The van der Waals surface area contributed by atoms with E-state index >= 15 is 0 Å². The fourth-order valence-corrected chi connectivity index (χ4v) is 16.9. The molecule has 0 saturated carbocycles. The number of fused-ring (bicyclic) bond motifs is 15. The van der Waals surface area contributed by atoms with E-state index in [0.29, 0.717) is 53.3 Å². The molecule has 5 N–H and O–H groups in total. The van der Waals surface area contributed by atoms with Gasteiger partial charge in [-0.2, -0.15) is 65.9 Å². The van der Waals surface area contributed by atoms with Gasteiger partial charge in [-0.1, -0.05) is 255 Å². The molecule has 0 spiro atoms. The van der Waals surface area contributed by atoms with Crippen molar-refractivity contribution in [1.82, 2.24) is 29.9 Å². The van der Waals surface area contributed by atoms with Gasteiger partial charge in [0, 0.05) is 366 Å². The maximum Gasteiger partial charge on any atom is 0.455 e. The second-order valence-electron chi connectivity index (χ2n) is 32.7. The van der Waals surface area contributed by atoms with E-state index in [0.717, 1.165) is 105 Å². The van der Waals surface area contributed by atoms with Gasteiger partial charge in [0.2, 0.25) is 0 Å². The Morgan fingerprint density at radius 3 is 0.800 bits per heavy atom. The molecule has 771 valence electrons. The summed E-state index contributed by atoms with van der Waals surface area (Å²) in [5, 5.41) is 58.2. The van der Waals surface area contributed by atoms with Crippen molar-refractivity contribution in [3.8, 4) is 28.0 Å². The molecule has 150 heavy (non-hydrogen) atoms. The Morgan fingerprint density at radius 1 is 0.213 bits per heavy atom. The second kappa shape index (κ2) is 55.7. The topological polar surface area (TPSA) is 264 Å². The zero-order valence-electron chi connectivity index (χ0n) is 78.5. The first-order chi connectivity index (χ1) is 68.3. The van der Waals surface area contributed by atoms with Crippen molar-refractivity contribution in [3.05, 3.63) is 428 Å². The third-order valence-corrected chi connectivity index (χ3v) is 23.8. The molecule has 6 heterocycles. The summed E-state index contributed by atoms with van der Waals surface area (Å²) in [5.74, 6) is -12.7. The number of aliphatic hydroxyl groups is 4. The minimum absolute atomic E-state index is 0. The number of hydrogen-bond donors (Lipinski definition) is 5. The van der Waals surface area contributed by atoms with Crippen molar-refractivity contribution < 1.29 is 362 Å². The van der Waals surface area contributed by atoms with Crippen LogP contribution < -0.4 is 0 Å². The van der Waals surface area contributed by atoms with Crippen molar-refractivity contribution >= 4 is 139 Å². The SMILES string of the molecule is O=C(C1=C(O)c2cc3ccccc3cc2CC1)C(F)(F)F.O=C(C1=C(O)c2ccccc2CC1)C(F)(F)F.O=C(C1=C(O)c2ccccc2CC1)C(F)(F)F.O=C(C1=C(O)c2ccccc2CC1)C(F)(F)F.O=C(c1ccc2ccccc2c1O)C(F)(F)F.[CH3-].[CH3-].[Eu].[Eu].[Eu].[Eu].[Eu].c1ccc(-c2ccnc3c2ccc2c(-c4ccccc4)ccnc23)cc1.c1cnc2c(c1)ccc1cccnc12.c1cnc2c(c1)ccc1cccnc12. The number of carbonyl (C=O) groups excluding carboxylic acids is 5. The van der Waals surface area contributed by atoms with Gasteiger partial charge < -0.3 is 40.4 Å². The van der Waals surface area contributed by atoms with Crippen LogP contribution in [0.2, 0.25) is 0 Å². The monoisotopic (exact) mass is 2750 g/mol. The first-order valence-electron chi connectivity index (χ1n) is 44.0. The van der Waals surface area contributed by atoms with Crippen LogP contribution >= 0.6 is 0 Å². The molecule has 0 fully saturated rings. The first kappa shape index (κ1) is 126. The summed E-state index contributed by atoms with van der Waals surface area (Å²) >= 11 is 0. The Morgan fingerprint density at radius 2 is 0.473 bits per heavy atom. The third-order valence-electron chi connectivity index (χ3n) is 23.8. The first-order valence-corrected chi connectivity index (χ1v) is 44.0. The third kappa shape index (κ3) is 30.1. The summed E-state index contributed by atoms with van der Waals surface area (Å²) in [7, 11) is 0. The summed E-state index contributed by atoms with van der Waals surface area (Å²) in [6, 6.07) is 92.9. The van der Waals surface area contributed by atoms with Gasteiger partial charge in [-0.3, -0.25) is 53.9 Å². The number of pyridine rings is 6. The number of carbonyl (C=O) groups is 5. The maximum absolute atomic E-state index is 12.5. The number of aryl methyl sites for hydroxylation is 4. The maximum atomic E-state index is 12.5. The van der Waals surface area contributed by atoms with Crippen molar-refractivity contribution in [2.75, 3.05) is 0 Å². The van der Waals surface area contributed by atoms with Gasteiger partial charge in [0.05, 0.1) is 38.7 Å². The number of benzene rings is 12. The number of aliphatic hydroxyl groups excluding tert-OH is 4. The molecule has 0 bridgehead atoms. The Balaban J connectivity index is 0.000000209. The van der Waals surface area contributed by atoms with Gasteiger partial charge in [0.25, 0.3) is 28.9 Å². The van der Waals surface area contributed by atoms with Crippen molar-refractivity contribution in [2.45, 2.75) is 82.2 Å². The molecule has 22 rings (SSSR count). The number of rotatable bonds is 7. The van der Waals surface area contributed by atoms with Crippen LogP contribution in [0.5, 0.6) is 5.75 Å². The normalized spacial score (nSPS) is 12.7. The zero-order valence-corrected chi connectivity index (χ0v) is 90.6. The molecule has 6 aromatic heterocycles. The molecule has 36 heteroatoms. The molecular weight excluding hydrogens is 2660 g/mol.